The number of amides is 1. The molecule has 0 unspecified atom stereocenters. The molecule has 0 aliphatic rings. The Hall–Kier alpha value is -2.89. The molecule has 6 heteroatoms. The Labute approximate surface area is 126 Å². The quantitative estimate of drug-likeness (QED) is 0.851. The summed E-state index contributed by atoms with van der Waals surface area (Å²) in [6, 6.07) is 10.1. The van der Waals surface area contributed by atoms with Crippen molar-refractivity contribution in [3.8, 4) is 5.75 Å². The smallest absolute Gasteiger partial charge is 0.342 e. The van der Waals surface area contributed by atoms with E-state index in [1.54, 1.807) is 19.1 Å². The summed E-state index contributed by atoms with van der Waals surface area (Å²) in [5, 5.41) is 11.9. The van der Waals surface area contributed by atoms with E-state index in [1.165, 1.54) is 30.3 Å². The van der Waals surface area contributed by atoms with Crippen LogP contribution in [0, 0.1) is 12.7 Å². The molecule has 0 fully saturated rings. The van der Waals surface area contributed by atoms with E-state index < -0.39 is 24.3 Å². The zero-order valence-corrected chi connectivity index (χ0v) is 11.8. The summed E-state index contributed by atoms with van der Waals surface area (Å²) in [5.74, 6) is -2.32. The molecule has 1 amide bonds. The first kappa shape index (κ1) is 15.5. The average Bonchev–Trinajstić information content (AvgIpc) is 2.47. The van der Waals surface area contributed by atoms with Gasteiger partial charge < -0.3 is 15.2 Å². The van der Waals surface area contributed by atoms with Gasteiger partial charge in [-0.25, -0.2) is 9.18 Å². The van der Waals surface area contributed by atoms with Crippen molar-refractivity contribution in [1.82, 2.24) is 0 Å². The largest absolute Gasteiger partial charge is 0.507 e. The molecule has 2 rings (SSSR count). The van der Waals surface area contributed by atoms with Gasteiger partial charge in [-0.1, -0.05) is 18.2 Å². The minimum absolute atomic E-state index is 0.00160. The number of hydrogen-bond acceptors (Lipinski definition) is 4. The lowest BCUT2D eigenvalue weighted by atomic mass is 10.1. The third kappa shape index (κ3) is 3.82. The molecule has 0 aliphatic carbocycles. The van der Waals surface area contributed by atoms with Crippen molar-refractivity contribution in [3.63, 3.8) is 0 Å². The number of benzene rings is 2. The molecule has 0 spiro atoms. The fourth-order valence-corrected chi connectivity index (χ4v) is 1.77. The van der Waals surface area contributed by atoms with Crippen LogP contribution >= 0.6 is 0 Å². The number of anilines is 1. The number of ether oxygens (including phenoxy) is 1. The highest BCUT2D eigenvalue weighted by atomic mass is 19.1. The molecule has 22 heavy (non-hydrogen) atoms. The van der Waals surface area contributed by atoms with E-state index in [1.807, 2.05) is 0 Å². The third-order valence-corrected chi connectivity index (χ3v) is 2.86. The number of halogens is 1. The van der Waals surface area contributed by atoms with Crippen LogP contribution in [0.1, 0.15) is 15.9 Å². The number of aromatic hydroxyl groups is 1. The molecule has 0 radical (unpaired) electrons. The van der Waals surface area contributed by atoms with Crippen LogP contribution in [0.5, 0.6) is 5.75 Å². The van der Waals surface area contributed by atoms with Gasteiger partial charge in [0.2, 0.25) is 0 Å². The fraction of sp³-hybridized carbons (Fsp3) is 0.125. The Kier molecular flexibility index (Phi) is 4.73. The van der Waals surface area contributed by atoms with Crippen LogP contribution in [0.4, 0.5) is 10.1 Å². The molecule has 0 bridgehead atoms. The maximum Gasteiger partial charge on any atom is 0.342 e. The number of nitrogens with one attached hydrogen (secondary N) is 1. The van der Waals surface area contributed by atoms with Gasteiger partial charge in [0.15, 0.2) is 6.61 Å². The second-order valence-electron chi connectivity index (χ2n) is 4.62. The Morgan fingerprint density at radius 3 is 2.64 bits per heavy atom. The van der Waals surface area contributed by atoms with Gasteiger partial charge in [-0.3, -0.25) is 4.79 Å². The number of esters is 1. The Bertz CT molecular complexity index is 715. The fourth-order valence-electron chi connectivity index (χ4n) is 1.77. The number of phenolic OH excluding ortho intramolecular Hbond substituents is 1. The van der Waals surface area contributed by atoms with E-state index in [0.717, 1.165) is 5.56 Å². The van der Waals surface area contributed by atoms with Crippen molar-refractivity contribution in [2.75, 3.05) is 11.9 Å². The minimum atomic E-state index is -0.832. The molecule has 114 valence electrons. The van der Waals surface area contributed by atoms with Crippen LogP contribution in [-0.2, 0) is 9.53 Å². The molecule has 0 aromatic heterocycles. The topological polar surface area (TPSA) is 75.6 Å². The van der Waals surface area contributed by atoms with Crippen molar-refractivity contribution in [1.29, 1.82) is 0 Å². The molecule has 0 atom stereocenters. The standard InChI is InChI=1S/C16H14FNO4/c1-10-6-7-11(14(19)8-10)16(21)22-9-15(20)18-13-5-3-2-4-12(13)17/h2-8,19H,9H2,1H3,(H,18,20). The lowest BCUT2D eigenvalue weighted by molar-refractivity contribution is -0.119. The van der Waals surface area contributed by atoms with E-state index in [4.69, 9.17) is 4.74 Å². The monoisotopic (exact) mass is 303 g/mol. The normalized spacial score (nSPS) is 10.1. The van der Waals surface area contributed by atoms with Crippen LogP contribution in [0.25, 0.3) is 0 Å². The van der Waals surface area contributed by atoms with E-state index in [-0.39, 0.29) is 17.0 Å². The second-order valence-corrected chi connectivity index (χ2v) is 4.62. The summed E-state index contributed by atoms with van der Waals surface area (Å²) in [4.78, 5) is 23.4. The van der Waals surface area contributed by atoms with Gasteiger partial charge in [0.05, 0.1) is 5.69 Å². The molecular formula is C16H14FNO4. The van der Waals surface area contributed by atoms with Crippen molar-refractivity contribution in [2.45, 2.75) is 6.92 Å². The van der Waals surface area contributed by atoms with Crippen LogP contribution in [0.2, 0.25) is 0 Å². The van der Waals surface area contributed by atoms with Crippen LogP contribution in [-0.4, -0.2) is 23.6 Å². The molecule has 5 nitrogen and oxygen atoms in total. The highest BCUT2D eigenvalue weighted by molar-refractivity contribution is 5.96. The SMILES string of the molecule is Cc1ccc(C(=O)OCC(=O)Nc2ccccc2F)c(O)c1. The predicted molar refractivity (Wildman–Crippen MR) is 78.2 cm³/mol. The molecule has 0 saturated carbocycles. The number of aryl methyl sites for hydroxylation is 1. The average molecular weight is 303 g/mol. The molecule has 0 heterocycles. The highest BCUT2D eigenvalue weighted by Crippen LogP contribution is 2.19. The lowest BCUT2D eigenvalue weighted by Gasteiger charge is -2.08. The molecule has 0 saturated heterocycles. The van der Waals surface area contributed by atoms with Gasteiger partial charge in [-0.15, -0.1) is 0 Å². The maximum atomic E-state index is 13.3. The van der Waals surface area contributed by atoms with Crippen LogP contribution in [0.15, 0.2) is 42.5 Å². The van der Waals surface area contributed by atoms with Gasteiger partial charge in [0.25, 0.3) is 5.91 Å². The van der Waals surface area contributed by atoms with Gasteiger partial charge in [-0.05, 0) is 36.8 Å². The molecule has 2 N–H and O–H groups in total. The van der Waals surface area contributed by atoms with Gasteiger partial charge in [0, 0.05) is 0 Å². The number of hydrogen-bond donors (Lipinski definition) is 2. The molecule has 2 aromatic carbocycles. The van der Waals surface area contributed by atoms with E-state index in [0.29, 0.717) is 0 Å². The Morgan fingerprint density at radius 2 is 1.95 bits per heavy atom. The van der Waals surface area contributed by atoms with Gasteiger partial charge in [0.1, 0.15) is 17.1 Å². The zero-order chi connectivity index (χ0) is 16.1. The van der Waals surface area contributed by atoms with E-state index in [2.05, 4.69) is 5.32 Å². The summed E-state index contributed by atoms with van der Waals surface area (Å²) in [5.41, 5.74) is 0.748. The van der Waals surface area contributed by atoms with E-state index in [9.17, 15) is 19.1 Å². The number of carbonyl (C=O) groups is 2. The molecule has 2 aromatic rings. The predicted octanol–water partition coefficient (Wildman–Crippen LogP) is 2.64. The summed E-state index contributed by atoms with van der Waals surface area (Å²) in [6.45, 7) is 1.18. The zero-order valence-electron chi connectivity index (χ0n) is 11.8. The summed E-state index contributed by atoms with van der Waals surface area (Å²) < 4.78 is 18.1. The van der Waals surface area contributed by atoms with Crippen molar-refractivity contribution in [2.24, 2.45) is 0 Å². The van der Waals surface area contributed by atoms with Gasteiger partial charge >= 0.3 is 5.97 Å². The number of rotatable bonds is 4. The van der Waals surface area contributed by atoms with Crippen LogP contribution < -0.4 is 5.32 Å². The van der Waals surface area contributed by atoms with Gasteiger partial charge in [-0.2, -0.15) is 0 Å². The number of phenols is 1. The highest BCUT2D eigenvalue weighted by Gasteiger charge is 2.15. The Balaban J connectivity index is 1.93. The third-order valence-electron chi connectivity index (χ3n) is 2.86. The first-order valence-electron chi connectivity index (χ1n) is 6.48. The summed E-state index contributed by atoms with van der Waals surface area (Å²) in [6.07, 6.45) is 0. The second kappa shape index (κ2) is 6.71. The maximum absolute atomic E-state index is 13.3. The summed E-state index contributed by atoms with van der Waals surface area (Å²) >= 11 is 0. The van der Waals surface area contributed by atoms with Crippen LogP contribution in [0.3, 0.4) is 0 Å². The Morgan fingerprint density at radius 1 is 1.23 bits per heavy atom. The first-order chi connectivity index (χ1) is 10.5. The lowest BCUT2D eigenvalue weighted by Crippen LogP contribution is -2.21. The number of para-hydroxylation sites is 1. The first-order valence-corrected chi connectivity index (χ1v) is 6.48. The number of carbonyl (C=O) groups excluding carboxylic acids is 2. The molecule has 0 aliphatic heterocycles. The van der Waals surface area contributed by atoms with Crippen molar-refractivity contribution in [3.05, 3.63) is 59.4 Å². The van der Waals surface area contributed by atoms with Crippen molar-refractivity contribution >= 4 is 17.6 Å². The van der Waals surface area contributed by atoms with Crippen molar-refractivity contribution < 1.29 is 23.8 Å². The molecular weight excluding hydrogens is 289 g/mol. The summed E-state index contributed by atoms with van der Waals surface area (Å²) in [7, 11) is 0. The van der Waals surface area contributed by atoms with E-state index >= 15 is 0 Å². The minimum Gasteiger partial charge on any atom is -0.507 e.